The first-order valence-corrected chi connectivity index (χ1v) is 4.70. The molecule has 0 atom stereocenters. The van der Waals surface area contributed by atoms with E-state index in [2.05, 4.69) is 15.1 Å². The maximum absolute atomic E-state index is 11.6. The standard InChI is InChI=1S/C9H12N4O2/c1-4-6-5(2)13-8(10-7(6)14)11-9(12-13)15-3/h4H2,1-3H3,(H,10,11,12,14). The van der Waals surface area contributed by atoms with Gasteiger partial charge in [0.05, 0.1) is 12.8 Å². The number of aryl methyl sites for hydroxylation is 1. The van der Waals surface area contributed by atoms with Gasteiger partial charge in [0.25, 0.3) is 5.56 Å². The Morgan fingerprint density at radius 3 is 2.87 bits per heavy atom. The first kappa shape index (κ1) is 9.70. The number of aromatic amines is 1. The zero-order chi connectivity index (χ0) is 11.0. The molecule has 0 aliphatic carbocycles. The highest BCUT2D eigenvalue weighted by atomic mass is 16.5. The third-order valence-electron chi connectivity index (χ3n) is 2.38. The smallest absolute Gasteiger partial charge is 0.337 e. The van der Waals surface area contributed by atoms with Crippen LogP contribution in [-0.4, -0.2) is 26.7 Å². The van der Waals surface area contributed by atoms with Crippen LogP contribution >= 0.6 is 0 Å². The first-order valence-electron chi connectivity index (χ1n) is 4.70. The van der Waals surface area contributed by atoms with E-state index in [-0.39, 0.29) is 11.6 Å². The number of aromatic nitrogens is 4. The zero-order valence-electron chi connectivity index (χ0n) is 8.87. The Labute approximate surface area is 85.9 Å². The molecular formula is C9H12N4O2. The van der Waals surface area contributed by atoms with Gasteiger partial charge in [-0.2, -0.15) is 9.50 Å². The number of hydrogen-bond acceptors (Lipinski definition) is 4. The molecule has 0 saturated heterocycles. The molecule has 2 aromatic heterocycles. The van der Waals surface area contributed by atoms with Crippen molar-refractivity contribution in [1.29, 1.82) is 0 Å². The maximum atomic E-state index is 11.6. The summed E-state index contributed by atoms with van der Waals surface area (Å²) in [4.78, 5) is 18.3. The predicted molar refractivity (Wildman–Crippen MR) is 54.3 cm³/mol. The van der Waals surface area contributed by atoms with Crippen LogP contribution in [0.2, 0.25) is 0 Å². The second-order valence-electron chi connectivity index (χ2n) is 3.21. The number of nitrogens with zero attached hydrogens (tertiary/aromatic N) is 3. The monoisotopic (exact) mass is 208 g/mol. The molecule has 2 heterocycles. The molecule has 6 nitrogen and oxygen atoms in total. The summed E-state index contributed by atoms with van der Waals surface area (Å²) < 4.78 is 6.48. The summed E-state index contributed by atoms with van der Waals surface area (Å²) in [5.74, 6) is 0.409. The minimum atomic E-state index is -0.113. The van der Waals surface area contributed by atoms with Crippen molar-refractivity contribution in [1.82, 2.24) is 19.6 Å². The molecule has 6 heteroatoms. The third-order valence-corrected chi connectivity index (χ3v) is 2.38. The lowest BCUT2D eigenvalue weighted by Crippen LogP contribution is -2.17. The molecule has 1 N–H and O–H groups in total. The van der Waals surface area contributed by atoms with E-state index in [1.807, 2.05) is 13.8 Å². The van der Waals surface area contributed by atoms with Crippen molar-refractivity contribution in [3.8, 4) is 6.01 Å². The van der Waals surface area contributed by atoms with Crippen molar-refractivity contribution < 1.29 is 4.74 Å². The minimum absolute atomic E-state index is 0.113. The van der Waals surface area contributed by atoms with Gasteiger partial charge in [0.15, 0.2) is 0 Å². The van der Waals surface area contributed by atoms with Gasteiger partial charge in [-0.05, 0) is 13.3 Å². The van der Waals surface area contributed by atoms with Crippen LogP contribution < -0.4 is 10.3 Å². The number of fused-ring (bicyclic) bond motifs is 1. The highest BCUT2D eigenvalue weighted by molar-refractivity contribution is 5.33. The van der Waals surface area contributed by atoms with E-state index in [1.54, 1.807) is 4.52 Å². The topological polar surface area (TPSA) is 72.3 Å². The number of methoxy groups -OCH3 is 1. The lowest BCUT2D eigenvalue weighted by molar-refractivity contribution is 0.380. The maximum Gasteiger partial charge on any atom is 0.337 e. The van der Waals surface area contributed by atoms with E-state index >= 15 is 0 Å². The van der Waals surface area contributed by atoms with Gasteiger partial charge in [0.1, 0.15) is 0 Å². The Kier molecular flexibility index (Phi) is 2.18. The van der Waals surface area contributed by atoms with E-state index < -0.39 is 0 Å². The molecular weight excluding hydrogens is 196 g/mol. The lowest BCUT2D eigenvalue weighted by Gasteiger charge is -2.02. The van der Waals surface area contributed by atoms with Gasteiger partial charge in [-0.15, -0.1) is 5.10 Å². The molecule has 2 aromatic rings. The average Bonchev–Trinajstić information content (AvgIpc) is 2.61. The molecule has 15 heavy (non-hydrogen) atoms. The van der Waals surface area contributed by atoms with E-state index in [1.165, 1.54) is 7.11 Å². The van der Waals surface area contributed by atoms with E-state index in [9.17, 15) is 4.79 Å². The normalized spacial score (nSPS) is 10.9. The average molecular weight is 208 g/mol. The van der Waals surface area contributed by atoms with Crippen LogP contribution in [0.3, 0.4) is 0 Å². The van der Waals surface area contributed by atoms with E-state index in [0.717, 1.165) is 11.3 Å². The first-order chi connectivity index (χ1) is 7.17. The highest BCUT2D eigenvalue weighted by Gasteiger charge is 2.11. The molecule has 0 bridgehead atoms. The van der Waals surface area contributed by atoms with Crippen molar-refractivity contribution in [3.05, 3.63) is 21.6 Å². The second-order valence-corrected chi connectivity index (χ2v) is 3.21. The number of rotatable bonds is 2. The van der Waals surface area contributed by atoms with Crippen LogP contribution in [-0.2, 0) is 6.42 Å². The summed E-state index contributed by atoms with van der Waals surface area (Å²) in [6.07, 6.45) is 0.666. The zero-order valence-corrected chi connectivity index (χ0v) is 8.87. The Morgan fingerprint density at radius 2 is 2.27 bits per heavy atom. The summed E-state index contributed by atoms with van der Waals surface area (Å²) in [5.41, 5.74) is 1.40. The minimum Gasteiger partial charge on any atom is -0.466 e. The number of H-pyrrole nitrogens is 1. The van der Waals surface area contributed by atoms with Crippen molar-refractivity contribution >= 4 is 5.78 Å². The Balaban J connectivity index is 2.82. The van der Waals surface area contributed by atoms with Crippen molar-refractivity contribution in [2.75, 3.05) is 7.11 Å². The van der Waals surface area contributed by atoms with Crippen LogP contribution in [0.25, 0.3) is 5.78 Å². The lowest BCUT2D eigenvalue weighted by atomic mass is 10.2. The van der Waals surface area contributed by atoms with Crippen LogP contribution in [0.4, 0.5) is 0 Å². The molecule has 0 aliphatic rings. The molecule has 80 valence electrons. The summed E-state index contributed by atoms with van der Waals surface area (Å²) in [6, 6.07) is 0.252. The molecule has 0 amide bonds. The highest BCUT2D eigenvalue weighted by Crippen LogP contribution is 2.08. The molecule has 0 radical (unpaired) electrons. The molecule has 0 fully saturated rings. The number of nitrogens with one attached hydrogen (secondary N) is 1. The van der Waals surface area contributed by atoms with E-state index in [0.29, 0.717) is 12.2 Å². The van der Waals surface area contributed by atoms with Crippen molar-refractivity contribution in [2.45, 2.75) is 20.3 Å². The largest absolute Gasteiger partial charge is 0.466 e. The fourth-order valence-corrected chi connectivity index (χ4v) is 1.58. The Morgan fingerprint density at radius 1 is 1.53 bits per heavy atom. The molecule has 0 aliphatic heterocycles. The molecule has 0 saturated carbocycles. The summed E-state index contributed by atoms with van der Waals surface area (Å²) in [5, 5.41) is 4.09. The van der Waals surface area contributed by atoms with Gasteiger partial charge in [-0.25, -0.2) is 0 Å². The molecule has 0 aromatic carbocycles. The molecule has 0 unspecified atom stereocenters. The van der Waals surface area contributed by atoms with Gasteiger partial charge in [0, 0.05) is 5.56 Å². The fraction of sp³-hybridized carbons (Fsp3) is 0.444. The quantitative estimate of drug-likeness (QED) is 0.770. The fourth-order valence-electron chi connectivity index (χ4n) is 1.58. The van der Waals surface area contributed by atoms with Crippen molar-refractivity contribution in [3.63, 3.8) is 0 Å². The predicted octanol–water partition coefficient (Wildman–Crippen LogP) is 0.297. The van der Waals surface area contributed by atoms with Crippen LogP contribution in [0.15, 0.2) is 4.79 Å². The number of hydrogen-bond donors (Lipinski definition) is 1. The SMILES string of the molecule is CCc1c(C)n2nc(OC)nc2[nH]c1=O. The van der Waals surface area contributed by atoms with Gasteiger partial charge < -0.3 is 4.74 Å². The van der Waals surface area contributed by atoms with Gasteiger partial charge in [0.2, 0.25) is 5.78 Å². The second kappa shape index (κ2) is 3.38. The van der Waals surface area contributed by atoms with Crippen LogP contribution in [0.5, 0.6) is 6.01 Å². The van der Waals surface area contributed by atoms with Crippen molar-refractivity contribution in [2.24, 2.45) is 0 Å². The number of ether oxygens (including phenoxy) is 1. The van der Waals surface area contributed by atoms with E-state index in [4.69, 9.17) is 4.74 Å². The van der Waals surface area contributed by atoms with Gasteiger partial charge in [-0.1, -0.05) is 6.92 Å². The van der Waals surface area contributed by atoms with Gasteiger partial charge in [-0.3, -0.25) is 9.78 Å². The summed E-state index contributed by atoms with van der Waals surface area (Å²) in [7, 11) is 1.49. The summed E-state index contributed by atoms with van der Waals surface area (Å²) in [6.45, 7) is 3.77. The Bertz CT molecular complexity index is 555. The van der Waals surface area contributed by atoms with Gasteiger partial charge >= 0.3 is 6.01 Å². The molecule has 2 rings (SSSR count). The summed E-state index contributed by atoms with van der Waals surface area (Å²) >= 11 is 0. The van der Waals surface area contributed by atoms with Crippen LogP contribution in [0.1, 0.15) is 18.2 Å². The van der Waals surface area contributed by atoms with Crippen LogP contribution in [0, 0.1) is 6.92 Å². The Hall–Kier alpha value is -1.85. The third kappa shape index (κ3) is 1.38. The molecule has 0 spiro atoms.